The van der Waals surface area contributed by atoms with Crippen molar-refractivity contribution >= 4 is 0 Å². The van der Waals surface area contributed by atoms with Crippen molar-refractivity contribution in [2.45, 2.75) is 32.3 Å². The van der Waals surface area contributed by atoms with Crippen molar-refractivity contribution in [2.75, 3.05) is 0 Å². The number of rotatable bonds is 2. The summed E-state index contributed by atoms with van der Waals surface area (Å²) in [5.41, 5.74) is 2.84. The molecule has 1 nitrogen and oxygen atoms in total. The number of benzene rings is 2. The summed E-state index contributed by atoms with van der Waals surface area (Å²) in [4.78, 5) is 0. The molecule has 2 aromatic rings. The molecule has 0 saturated carbocycles. The first-order chi connectivity index (χ1) is 8.88. The Kier molecular flexibility index (Phi) is 3.72. The van der Waals surface area contributed by atoms with E-state index in [-0.39, 0.29) is 11.2 Å². The third-order valence-electron chi connectivity index (χ3n) is 3.28. The molecule has 0 saturated heterocycles. The highest BCUT2D eigenvalue weighted by Crippen LogP contribution is 2.26. The van der Waals surface area contributed by atoms with Gasteiger partial charge in [0, 0.05) is 0 Å². The third kappa shape index (κ3) is 3.21. The number of aliphatic hydroxyl groups is 1. The van der Waals surface area contributed by atoms with E-state index in [1.807, 2.05) is 24.3 Å². The highest BCUT2D eigenvalue weighted by molar-refractivity contribution is 5.33. The van der Waals surface area contributed by atoms with Crippen LogP contribution in [-0.2, 0) is 5.41 Å². The van der Waals surface area contributed by atoms with Gasteiger partial charge in [0.15, 0.2) is 0 Å². The Morgan fingerprint density at radius 1 is 0.842 bits per heavy atom. The lowest BCUT2D eigenvalue weighted by Gasteiger charge is -2.20. The van der Waals surface area contributed by atoms with Gasteiger partial charge in [-0.15, -0.1) is 0 Å². The van der Waals surface area contributed by atoms with Gasteiger partial charge in [-0.2, -0.15) is 0 Å². The molecule has 1 N–H and O–H groups in total. The van der Waals surface area contributed by atoms with Gasteiger partial charge in [-0.3, -0.25) is 0 Å². The summed E-state index contributed by atoms with van der Waals surface area (Å²) in [6, 6.07) is 13.9. The van der Waals surface area contributed by atoms with Gasteiger partial charge in [-0.05, 0) is 34.2 Å². The fraction of sp³-hybridized carbons (Fsp3) is 0.294. The molecule has 2 aromatic carbocycles. The van der Waals surface area contributed by atoms with Gasteiger partial charge in [0.05, 0.1) is 0 Å². The summed E-state index contributed by atoms with van der Waals surface area (Å²) in [6.07, 6.45) is -0.713. The molecule has 0 unspecified atom stereocenters. The minimum Gasteiger partial charge on any atom is -0.384 e. The normalized spacial score (nSPS) is 13.3. The van der Waals surface area contributed by atoms with Crippen molar-refractivity contribution in [1.82, 2.24) is 0 Å². The van der Waals surface area contributed by atoms with E-state index in [1.54, 1.807) is 12.1 Å². The molecule has 2 rings (SSSR count). The topological polar surface area (TPSA) is 20.2 Å². The van der Waals surface area contributed by atoms with Crippen LogP contribution in [0.15, 0.2) is 48.5 Å². The van der Waals surface area contributed by atoms with Crippen LogP contribution in [0.2, 0.25) is 0 Å². The molecule has 0 aliphatic heterocycles. The molecule has 0 amide bonds. The van der Waals surface area contributed by atoms with Crippen molar-refractivity contribution < 1.29 is 9.50 Å². The monoisotopic (exact) mass is 258 g/mol. The maximum absolute atomic E-state index is 12.9. The van der Waals surface area contributed by atoms with Crippen molar-refractivity contribution in [3.05, 3.63) is 71.0 Å². The van der Waals surface area contributed by atoms with Crippen molar-refractivity contribution in [3.63, 3.8) is 0 Å². The predicted octanol–water partition coefficient (Wildman–Crippen LogP) is 4.20. The second-order valence-electron chi connectivity index (χ2n) is 5.83. The maximum atomic E-state index is 12.9. The van der Waals surface area contributed by atoms with E-state index in [4.69, 9.17) is 0 Å². The molecule has 0 fully saturated rings. The van der Waals surface area contributed by atoms with E-state index in [1.165, 1.54) is 17.7 Å². The lowest BCUT2D eigenvalue weighted by atomic mass is 9.86. The summed E-state index contributed by atoms with van der Waals surface area (Å²) >= 11 is 0. The van der Waals surface area contributed by atoms with Gasteiger partial charge in [-0.25, -0.2) is 4.39 Å². The van der Waals surface area contributed by atoms with Gasteiger partial charge in [0.25, 0.3) is 0 Å². The molecule has 0 heterocycles. The average molecular weight is 258 g/mol. The Bertz CT molecular complexity index is 535. The second kappa shape index (κ2) is 5.14. The fourth-order valence-corrected chi connectivity index (χ4v) is 2.00. The molecule has 1 atom stereocenters. The Labute approximate surface area is 113 Å². The van der Waals surface area contributed by atoms with Crippen LogP contribution < -0.4 is 0 Å². The van der Waals surface area contributed by atoms with Crippen LogP contribution >= 0.6 is 0 Å². The van der Waals surface area contributed by atoms with Crippen LogP contribution in [0.5, 0.6) is 0 Å². The first kappa shape index (κ1) is 13.8. The van der Waals surface area contributed by atoms with Gasteiger partial charge < -0.3 is 5.11 Å². The molecule has 0 bridgehead atoms. The number of halogens is 1. The fourth-order valence-electron chi connectivity index (χ4n) is 2.00. The summed E-state index contributed by atoms with van der Waals surface area (Å²) in [6.45, 7) is 6.45. The lowest BCUT2D eigenvalue weighted by Crippen LogP contribution is -2.11. The van der Waals surface area contributed by atoms with E-state index in [0.29, 0.717) is 5.56 Å². The van der Waals surface area contributed by atoms with Gasteiger partial charge >= 0.3 is 0 Å². The second-order valence-corrected chi connectivity index (χ2v) is 5.83. The maximum Gasteiger partial charge on any atom is 0.123 e. The average Bonchev–Trinajstić information content (AvgIpc) is 2.38. The van der Waals surface area contributed by atoms with E-state index in [9.17, 15) is 9.50 Å². The molecule has 0 radical (unpaired) electrons. The molecule has 0 spiro atoms. The predicted molar refractivity (Wildman–Crippen MR) is 75.6 cm³/mol. The van der Waals surface area contributed by atoms with Crippen molar-refractivity contribution in [1.29, 1.82) is 0 Å². The van der Waals surface area contributed by atoms with Crippen LogP contribution in [0, 0.1) is 5.82 Å². The number of aliphatic hydroxyl groups excluding tert-OH is 1. The molecular weight excluding hydrogens is 239 g/mol. The Hall–Kier alpha value is -1.67. The first-order valence-corrected chi connectivity index (χ1v) is 6.42. The van der Waals surface area contributed by atoms with E-state index in [0.717, 1.165) is 5.56 Å². The number of hydrogen-bond donors (Lipinski definition) is 1. The van der Waals surface area contributed by atoms with Crippen LogP contribution in [0.25, 0.3) is 0 Å². The Morgan fingerprint density at radius 2 is 1.26 bits per heavy atom. The van der Waals surface area contributed by atoms with Crippen LogP contribution in [0.4, 0.5) is 4.39 Å². The molecular formula is C17H19FO. The zero-order valence-electron chi connectivity index (χ0n) is 11.5. The molecule has 0 aromatic heterocycles. The molecule has 19 heavy (non-hydrogen) atoms. The Balaban J connectivity index is 2.25. The van der Waals surface area contributed by atoms with Gasteiger partial charge in [0.1, 0.15) is 11.9 Å². The first-order valence-electron chi connectivity index (χ1n) is 6.42. The highest BCUT2D eigenvalue weighted by Gasteiger charge is 2.15. The van der Waals surface area contributed by atoms with Crippen LogP contribution in [-0.4, -0.2) is 5.11 Å². The number of hydrogen-bond acceptors (Lipinski definition) is 1. The zero-order chi connectivity index (χ0) is 14.0. The van der Waals surface area contributed by atoms with Crippen molar-refractivity contribution in [3.8, 4) is 0 Å². The van der Waals surface area contributed by atoms with Gasteiger partial charge in [0.2, 0.25) is 0 Å². The quantitative estimate of drug-likeness (QED) is 0.855. The SMILES string of the molecule is CC(C)(C)c1ccc([C@@H](O)c2ccc(F)cc2)cc1. The standard InChI is InChI=1S/C17H19FO/c1-17(2,3)14-8-4-12(5-9-14)16(19)13-6-10-15(18)11-7-13/h4-11,16,19H,1-3H3/t16-/m1/s1. The molecule has 0 aliphatic carbocycles. The minimum atomic E-state index is -0.713. The highest BCUT2D eigenvalue weighted by atomic mass is 19.1. The Morgan fingerprint density at radius 3 is 1.68 bits per heavy atom. The summed E-state index contributed by atoms with van der Waals surface area (Å²) in [5, 5.41) is 10.3. The van der Waals surface area contributed by atoms with E-state index >= 15 is 0 Å². The van der Waals surface area contributed by atoms with E-state index in [2.05, 4.69) is 20.8 Å². The molecule has 100 valence electrons. The zero-order valence-corrected chi connectivity index (χ0v) is 11.5. The van der Waals surface area contributed by atoms with Gasteiger partial charge in [-0.1, -0.05) is 57.2 Å². The summed E-state index contributed by atoms with van der Waals surface area (Å²) in [5.74, 6) is -0.293. The van der Waals surface area contributed by atoms with E-state index < -0.39 is 6.10 Å². The largest absolute Gasteiger partial charge is 0.384 e. The molecule has 2 heteroatoms. The van der Waals surface area contributed by atoms with Crippen LogP contribution in [0.1, 0.15) is 43.6 Å². The smallest absolute Gasteiger partial charge is 0.123 e. The third-order valence-corrected chi connectivity index (χ3v) is 3.28. The molecule has 0 aliphatic rings. The lowest BCUT2D eigenvalue weighted by molar-refractivity contribution is 0.220. The summed E-state index contributed by atoms with van der Waals surface area (Å²) in [7, 11) is 0. The summed E-state index contributed by atoms with van der Waals surface area (Å²) < 4.78 is 12.9. The minimum absolute atomic E-state index is 0.0966. The van der Waals surface area contributed by atoms with Crippen LogP contribution in [0.3, 0.4) is 0 Å². The van der Waals surface area contributed by atoms with Crippen molar-refractivity contribution in [2.24, 2.45) is 0 Å².